The molecule has 0 unspecified atom stereocenters. The van der Waals surface area contributed by atoms with E-state index in [1.54, 1.807) is 23.1 Å². The Labute approximate surface area is 224 Å². The molecule has 1 saturated heterocycles. The van der Waals surface area contributed by atoms with Crippen LogP contribution < -0.4 is 20.3 Å². The number of nitrogens with one attached hydrogen (secondary N) is 2. The summed E-state index contributed by atoms with van der Waals surface area (Å²) in [5.41, 5.74) is 5.31. The van der Waals surface area contributed by atoms with Gasteiger partial charge in [-0.25, -0.2) is 4.79 Å². The molecule has 7 heteroatoms. The van der Waals surface area contributed by atoms with Crippen LogP contribution in [0.3, 0.4) is 0 Å². The first-order valence-corrected chi connectivity index (χ1v) is 13.5. The van der Waals surface area contributed by atoms with Gasteiger partial charge in [-0.05, 0) is 106 Å². The smallest absolute Gasteiger partial charge is 0.326 e. The van der Waals surface area contributed by atoms with Crippen molar-refractivity contribution in [2.75, 3.05) is 42.9 Å². The van der Waals surface area contributed by atoms with Gasteiger partial charge in [0.15, 0.2) is 5.75 Å². The van der Waals surface area contributed by atoms with Gasteiger partial charge in [0.1, 0.15) is 5.75 Å². The van der Waals surface area contributed by atoms with E-state index in [-0.39, 0.29) is 11.9 Å². The van der Waals surface area contributed by atoms with E-state index in [0.717, 1.165) is 49.3 Å². The fourth-order valence-corrected chi connectivity index (χ4v) is 5.13. The fourth-order valence-electron chi connectivity index (χ4n) is 5.13. The van der Waals surface area contributed by atoms with Gasteiger partial charge in [-0.2, -0.15) is 0 Å². The summed E-state index contributed by atoms with van der Waals surface area (Å²) < 4.78 is 6.21. The maximum atomic E-state index is 13.5. The topological polar surface area (TPSA) is 73.9 Å². The van der Waals surface area contributed by atoms with Crippen molar-refractivity contribution in [2.24, 2.45) is 0 Å². The van der Waals surface area contributed by atoms with E-state index in [0.29, 0.717) is 35.8 Å². The number of rotatable bonds is 7. The van der Waals surface area contributed by atoms with Gasteiger partial charge in [0.25, 0.3) is 5.91 Å². The number of nitrogens with zero attached hydrogens (tertiary/aromatic N) is 2. The number of carbonyl (C=O) groups is 2. The molecule has 1 fully saturated rings. The number of aryl methyl sites for hydroxylation is 3. The highest BCUT2D eigenvalue weighted by Crippen LogP contribution is 2.33. The van der Waals surface area contributed by atoms with Crippen LogP contribution in [0, 0.1) is 13.8 Å². The van der Waals surface area contributed by atoms with Gasteiger partial charge in [0.05, 0.1) is 5.69 Å². The molecular weight excluding hydrogens is 476 g/mol. The van der Waals surface area contributed by atoms with Crippen LogP contribution in [0.15, 0.2) is 60.7 Å². The number of anilines is 2. The van der Waals surface area contributed by atoms with Crippen molar-refractivity contribution in [3.63, 3.8) is 0 Å². The lowest BCUT2D eigenvalue weighted by molar-refractivity contribution is 0.0949. The lowest BCUT2D eigenvalue weighted by Gasteiger charge is -2.29. The van der Waals surface area contributed by atoms with Gasteiger partial charge >= 0.3 is 6.03 Å². The first kappa shape index (κ1) is 25.8. The number of likely N-dealkylation sites (tertiary alicyclic amines) is 1. The Morgan fingerprint density at radius 1 is 0.895 bits per heavy atom. The average Bonchev–Trinajstić information content (AvgIpc) is 3.45. The second-order valence-electron chi connectivity index (χ2n) is 10.2. The predicted molar refractivity (Wildman–Crippen MR) is 152 cm³/mol. The van der Waals surface area contributed by atoms with E-state index in [1.165, 1.54) is 18.4 Å². The molecule has 0 saturated carbocycles. The fraction of sp³-hybridized carbons (Fsp3) is 0.355. The zero-order valence-corrected chi connectivity index (χ0v) is 22.3. The van der Waals surface area contributed by atoms with Crippen molar-refractivity contribution in [3.8, 4) is 11.5 Å². The lowest BCUT2D eigenvalue weighted by atomic mass is 10.0. The molecule has 0 spiro atoms. The highest BCUT2D eigenvalue weighted by molar-refractivity contribution is 6.04. The number of hydrogen-bond acceptors (Lipinski definition) is 4. The van der Waals surface area contributed by atoms with Gasteiger partial charge in [-0.15, -0.1) is 0 Å². The summed E-state index contributed by atoms with van der Waals surface area (Å²) in [7, 11) is 0. The molecule has 0 atom stereocenters. The Morgan fingerprint density at radius 2 is 1.71 bits per heavy atom. The SMILES string of the molecule is Cc1ccc(Oc2ccc(C(=O)NCCN3CCCC3)cc2NC(=O)N2CCCc3ccccc32)cc1C. The number of ether oxygens (including phenoxy) is 1. The van der Waals surface area contributed by atoms with Crippen molar-refractivity contribution < 1.29 is 14.3 Å². The van der Waals surface area contributed by atoms with Crippen LogP contribution in [-0.2, 0) is 6.42 Å². The summed E-state index contributed by atoms with van der Waals surface area (Å²) in [4.78, 5) is 30.6. The Bertz CT molecular complexity index is 1320. The van der Waals surface area contributed by atoms with Gasteiger partial charge in [-0.1, -0.05) is 24.3 Å². The summed E-state index contributed by atoms with van der Waals surface area (Å²) in [6.45, 7) is 8.34. The van der Waals surface area contributed by atoms with E-state index in [9.17, 15) is 9.59 Å². The van der Waals surface area contributed by atoms with Crippen molar-refractivity contribution in [1.29, 1.82) is 0 Å². The van der Waals surface area contributed by atoms with Gasteiger partial charge < -0.3 is 20.3 Å². The Kier molecular flexibility index (Phi) is 7.94. The maximum Gasteiger partial charge on any atom is 0.326 e. The third-order valence-electron chi connectivity index (χ3n) is 7.46. The number of urea groups is 1. The van der Waals surface area contributed by atoms with Crippen molar-refractivity contribution in [3.05, 3.63) is 82.9 Å². The highest BCUT2D eigenvalue weighted by atomic mass is 16.5. The summed E-state index contributed by atoms with van der Waals surface area (Å²) in [5.74, 6) is 0.996. The zero-order valence-electron chi connectivity index (χ0n) is 22.3. The lowest BCUT2D eigenvalue weighted by Crippen LogP contribution is -2.38. The predicted octanol–water partition coefficient (Wildman–Crippen LogP) is 5.91. The molecule has 2 heterocycles. The Morgan fingerprint density at radius 3 is 2.53 bits per heavy atom. The van der Waals surface area contributed by atoms with Gasteiger partial charge in [0, 0.05) is 30.9 Å². The van der Waals surface area contributed by atoms with Crippen LogP contribution in [0.4, 0.5) is 16.2 Å². The van der Waals surface area contributed by atoms with Gasteiger partial charge in [0.2, 0.25) is 0 Å². The number of benzene rings is 3. The second kappa shape index (κ2) is 11.7. The number of amides is 3. The normalized spacial score (nSPS) is 15.2. The summed E-state index contributed by atoms with van der Waals surface area (Å²) >= 11 is 0. The number of carbonyl (C=O) groups excluding carboxylic acids is 2. The first-order valence-electron chi connectivity index (χ1n) is 13.5. The molecule has 0 aromatic heterocycles. The monoisotopic (exact) mass is 512 g/mol. The van der Waals surface area contributed by atoms with Crippen LogP contribution >= 0.6 is 0 Å². The van der Waals surface area contributed by atoms with Crippen LogP contribution in [0.2, 0.25) is 0 Å². The minimum absolute atomic E-state index is 0.166. The molecule has 3 aromatic carbocycles. The molecule has 0 bridgehead atoms. The summed E-state index contributed by atoms with van der Waals surface area (Å²) in [6.07, 6.45) is 4.30. The van der Waals surface area contributed by atoms with E-state index in [1.807, 2.05) is 43.3 Å². The largest absolute Gasteiger partial charge is 0.455 e. The second-order valence-corrected chi connectivity index (χ2v) is 10.2. The molecule has 3 aromatic rings. The molecule has 2 aliphatic rings. The quantitative estimate of drug-likeness (QED) is 0.413. The zero-order chi connectivity index (χ0) is 26.5. The molecule has 2 aliphatic heterocycles. The molecule has 5 rings (SSSR count). The molecule has 38 heavy (non-hydrogen) atoms. The number of hydrogen-bond donors (Lipinski definition) is 2. The molecule has 2 N–H and O–H groups in total. The van der Waals surface area contributed by atoms with E-state index >= 15 is 0 Å². The minimum atomic E-state index is -0.242. The standard InChI is InChI=1S/C31H36N4O3/c1-22-11-13-26(20-23(22)2)38-29-14-12-25(30(36)32-15-19-34-16-5-6-17-34)21-27(29)33-31(37)35-18-7-9-24-8-3-4-10-28(24)35/h3-4,8,10-14,20-21H,5-7,9,15-19H2,1-2H3,(H,32,36)(H,33,37). The third kappa shape index (κ3) is 6.00. The summed E-state index contributed by atoms with van der Waals surface area (Å²) in [5, 5.41) is 6.06. The van der Waals surface area contributed by atoms with Crippen LogP contribution in [0.25, 0.3) is 0 Å². The Hall–Kier alpha value is -3.84. The summed E-state index contributed by atoms with van der Waals surface area (Å²) in [6, 6.07) is 18.8. The van der Waals surface area contributed by atoms with Crippen molar-refractivity contribution >= 4 is 23.3 Å². The minimum Gasteiger partial charge on any atom is -0.455 e. The van der Waals surface area contributed by atoms with E-state index in [4.69, 9.17) is 4.74 Å². The van der Waals surface area contributed by atoms with Crippen LogP contribution in [0.1, 0.15) is 46.3 Å². The van der Waals surface area contributed by atoms with Gasteiger partial charge in [-0.3, -0.25) is 9.69 Å². The molecule has 3 amide bonds. The molecule has 0 aliphatic carbocycles. The molecular formula is C31H36N4O3. The van der Waals surface area contributed by atoms with Crippen LogP contribution in [-0.4, -0.2) is 49.6 Å². The van der Waals surface area contributed by atoms with Crippen LogP contribution in [0.5, 0.6) is 11.5 Å². The van der Waals surface area contributed by atoms with E-state index < -0.39 is 0 Å². The third-order valence-corrected chi connectivity index (χ3v) is 7.46. The molecule has 0 radical (unpaired) electrons. The number of para-hydroxylation sites is 1. The number of fused-ring (bicyclic) bond motifs is 1. The molecule has 7 nitrogen and oxygen atoms in total. The average molecular weight is 513 g/mol. The van der Waals surface area contributed by atoms with Crippen molar-refractivity contribution in [1.82, 2.24) is 10.2 Å². The maximum absolute atomic E-state index is 13.5. The Balaban J connectivity index is 1.37. The first-order chi connectivity index (χ1) is 18.5. The highest BCUT2D eigenvalue weighted by Gasteiger charge is 2.24. The van der Waals surface area contributed by atoms with E-state index in [2.05, 4.69) is 28.5 Å². The molecule has 198 valence electrons. The van der Waals surface area contributed by atoms with Crippen molar-refractivity contribution in [2.45, 2.75) is 39.5 Å².